The molecule has 2 aromatic rings. The van der Waals surface area contributed by atoms with Gasteiger partial charge in [0.2, 0.25) is 10.0 Å². The number of aryl methyl sites for hydroxylation is 3. The number of hydrogen-bond acceptors (Lipinski definition) is 4. The molecule has 172 valence electrons. The second kappa shape index (κ2) is 10.3. The van der Waals surface area contributed by atoms with E-state index in [4.69, 9.17) is 0 Å². The van der Waals surface area contributed by atoms with Gasteiger partial charge in [0.15, 0.2) is 0 Å². The van der Waals surface area contributed by atoms with E-state index >= 15 is 0 Å². The topological polar surface area (TPSA) is 95.6 Å². The van der Waals surface area contributed by atoms with Gasteiger partial charge >= 0.3 is 11.8 Å². The fraction of sp³-hybridized carbons (Fsp3) is 0.417. The highest BCUT2D eigenvalue weighted by atomic mass is 32.2. The van der Waals surface area contributed by atoms with Crippen LogP contribution in [0.1, 0.15) is 42.4 Å². The summed E-state index contributed by atoms with van der Waals surface area (Å²) in [4.78, 5) is 24.7. The number of rotatable bonds is 6. The van der Waals surface area contributed by atoms with Crippen LogP contribution in [0, 0.1) is 20.8 Å². The number of nitrogens with zero attached hydrogens (tertiary/aromatic N) is 1. The van der Waals surface area contributed by atoms with Crippen molar-refractivity contribution in [3.05, 3.63) is 59.2 Å². The smallest absolute Gasteiger partial charge is 0.313 e. The lowest BCUT2D eigenvalue weighted by molar-refractivity contribution is -0.136. The number of hydrogen-bond donors (Lipinski definition) is 2. The molecule has 0 aromatic heterocycles. The number of anilines is 1. The zero-order valence-corrected chi connectivity index (χ0v) is 19.7. The minimum Gasteiger partial charge on any atom is -0.348 e. The molecule has 8 heteroatoms. The molecule has 1 atom stereocenters. The van der Waals surface area contributed by atoms with Crippen molar-refractivity contribution in [2.75, 3.05) is 18.4 Å². The molecule has 1 fully saturated rings. The fourth-order valence-electron chi connectivity index (χ4n) is 4.09. The zero-order valence-electron chi connectivity index (χ0n) is 18.8. The van der Waals surface area contributed by atoms with Gasteiger partial charge in [0.05, 0.1) is 4.90 Å². The summed E-state index contributed by atoms with van der Waals surface area (Å²) >= 11 is 0. The molecule has 32 heavy (non-hydrogen) atoms. The highest BCUT2D eigenvalue weighted by Crippen LogP contribution is 2.27. The highest BCUT2D eigenvalue weighted by molar-refractivity contribution is 7.89. The lowest BCUT2D eigenvalue weighted by Gasteiger charge is -2.34. The van der Waals surface area contributed by atoms with Gasteiger partial charge in [-0.1, -0.05) is 30.2 Å². The van der Waals surface area contributed by atoms with Crippen molar-refractivity contribution in [3.63, 3.8) is 0 Å². The molecule has 0 spiro atoms. The van der Waals surface area contributed by atoms with Crippen LogP contribution in [0.2, 0.25) is 0 Å². The molecule has 2 N–H and O–H groups in total. The standard InChI is InChI=1S/C24H31N3O4S/c1-17-7-9-22(10-8-17)32(30,31)27-13-5-4-6-21(27)11-12-25-23(28)24(29)26-20-15-18(2)14-19(3)16-20/h7-10,14-16,21H,4-6,11-13H2,1-3H3,(H,25,28)(H,26,29). The summed E-state index contributed by atoms with van der Waals surface area (Å²) in [5.74, 6) is -1.46. The molecule has 2 amide bonds. The van der Waals surface area contributed by atoms with Crippen LogP contribution >= 0.6 is 0 Å². The molecule has 1 unspecified atom stereocenters. The third-order valence-electron chi connectivity index (χ3n) is 5.65. The van der Waals surface area contributed by atoms with Crippen molar-refractivity contribution >= 4 is 27.5 Å². The Bertz CT molecular complexity index is 1060. The molecule has 0 aliphatic carbocycles. The van der Waals surface area contributed by atoms with Crippen LogP contribution < -0.4 is 10.6 Å². The number of carbonyl (C=O) groups is 2. The van der Waals surface area contributed by atoms with E-state index < -0.39 is 21.8 Å². The lowest BCUT2D eigenvalue weighted by Crippen LogP contribution is -2.45. The van der Waals surface area contributed by atoms with Crippen LogP contribution in [0.15, 0.2) is 47.4 Å². The van der Waals surface area contributed by atoms with E-state index in [1.165, 1.54) is 0 Å². The molecule has 0 saturated carbocycles. The van der Waals surface area contributed by atoms with E-state index in [1.807, 2.05) is 26.8 Å². The molecule has 1 saturated heterocycles. The van der Waals surface area contributed by atoms with Crippen LogP contribution in [0.4, 0.5) is 5.69 Å². The first-order valence-electron chi connectivity index (χ1n) is 10.9. The van der Waals surface area contributed by atoms with Crippen LogP contribution in [0.25, 0.3) is 0 Å². The van der Waals surface area contributed by atoms with Crippen molar-refractivity contribution in [1.82, 2.24) is 9.62 Å². The number of carbonyl (C=O) groups excluding carboxylic acids is 2. The van der Waals surface area contributed by atoms with Gasteiger partial charge in [-0.3, -0.25) is 9.59 Å². The molecular formula is C24H31N3O4S. The Morgan fingerprint density at radius 1 is 0.938 bits per heavy atom. The van der Waals surface area contributed by atoms with Crippen LogP contribution in [0.5, 0.6) is 0 Å². The van der Waals surface area contributed by atoms with Gasteiger partial charge in [-0.25, -0.2) is 8.42 Å². The maximum Gasteiger partial charge on any atom is 0.313 e. The minimum absolute atomic E-state index is 0.210. The summed E-state index contributed by atoms with van der Waals surface area (Å²) in [6.45, 7) is 6.44. The van der Waals surface area contributed by atoms with Crippen LogP contribution in [0.3, 0.4) is 0 Å². The first kappa shape index (κ1) is 23.9. The zero-order chi connectivity index (χ0) is 23.3. The summed E-state index contributed by atoms with van der Waals surface area (Å²) in [7, 11) is -3.60. The Balaban J connectivity index is 1.58. The van der Waals surface area contributed by atoms with Gasteiger partial charge < -0.3 is 10.6 Å². The predicted molar refractivity (Wildman–Crippen MR) is 125 cm³/mol. The van der Waals surface area contributed by atoms with Crippen molar-refractivity contribution < 1.29 is 18.0 Å². The van der Waals surface area contributed by atoms with Crippen molar-refractivity contribution in [3.8, 4) is 0 Å². The molecule has 3 rings (SSSR count). The third-order valence-corrected chi connectivity index (χ3v) is 7.62. The van der Waals surface area contributed by atoms with E-state index in [0.717, 1.165) is 36.0 Å². The van der Waals surface area contributed by atoms with E-state index in [0.29, 0.717) is 18.7 Å². The first-order valence-corrected chi connectivity index (χ1v) is 12.4. The Morgan fingerprint density at radius 2 is 1.59 bits per heavy atom. The molecule has 1 aliphatic heterocycles. The van der Waals surface area contributed by atoms with E-state index in [1.54, 1.807) is 40.7 Å². The molecule has 2 aromatic carbocycles. The minimum atomic E-state index is -3.60. The van der Waals surface area contributed by atoms with Gasteiger partial charge in [-0.2, -0.15) is 4.31 Å². The van der Waals surface area contributed by atoms with Gasteiger partial charge in [-0.05, 0) is 75.4 Å². The van der Waals surface area contributed by atoms with Gasteiger partial charge in [0.1, 0.15) is 0 Å². The Morgan fingerprint density at radius 3 is 2.25 bits per heavy atom. The van der Waals surface area contributed by atoms with Gasteiger partial charge in [0, 0.05) is 24.8 Å². The molecule has 1 aliphatic rings. The van der Waals surface area contributed by atoms with Crippen molar-refractivity contribution in [1.29, 1.82) is 0 Å². The van der Waals surface area contributed by atoms with Gasteiger partial charge in [0.25, 0.3) is 0 Å². The highest BCUT2D eigenvalue weighted by Gasteiger charge is 2.33. The fourth-order valence-corrected chi connectivity index (χ4v) is 5.82. The maximum atomic E-state index is 13.1. The van der Waals surface area contributed by atoms with E-state index in [2.05, 4.69) is 10.6 Å². The molecule has 7 nitrogen and oxygen atoms in total. The summed E-state index contributed by atoms with van der Waals surface area (Å²) in [6, 6.07) is 12.2. The lowest BCUT2D eigenvalue weighted by atomic mass is 10.0. The third kappa shape index (κ3) is 5.95. The number of nitrogens with one attached hydrogen (secondary N) is 2. The summed E-state index contributed by atoms with van der Waals surface area (Å²) in [6.07, 6.45) is 2.93. The van der Waals surface area contributed by atoms with Crippen molar-refractivity contribution in [2.24, 2.45) is 0 Å². The molecule has 0 bridgehead atoms. The summed E-state index contributed by atoms with van der Waals surface area (Å²) < 4.78 is 27.8. The van der Waals surface area contributed by atoms with E-state index in [9.17, 15) is 18.0 Å². The van der Waals surface area contributed by atoms with E-state index in [-0.39, 0.29) is 17.5 Å². The Hall–Kier alpha value is -2.71. The number of sulfonamides is 1. The number of amides is 2. The molecule has 1 heterocycles. The normalized spacial score (nSPS) is 17.0. The predicted octanol–water partition coefficient (Wildman–Crippen LogP) is 3.30. The molecule has 0 radical (unpaired) electrons. The second-order valence-electron chi connectivity index (χ2n) is 8.45. The van der Waals surface area contributed by atoms with Crippen LogP contribution in [-0.2, 0) is 19.6 Å². The largest absolute Gasteiger partial charge is 0.348 e. The number of piperidine rings is 1. The monoisotopic (exact) mass is 457 g/mol. The number of benzene rings is 2. The Labute approximate surface area is 190 Å². The maximum absolute atomic E-state index is 13.1. The van der Waals surface area contributed by atoms with Gasteiger partial charge in [-0.15, -0.1) is 0 Å². The molecular weight excluding hydrogens is 426 g/mol. The summed E-state index contributed by atoms with van der Waals surface area (Å²) in [5.41, 5.74) is 3.56. The first-order chi connectivity index (χ1) is 15.2. The quantitative estimate of drug-likeness (QED) is 0.651. The average molecular weight is 458 g/mol. The summed E-state index contributed by atoms with van der Waals surface area (Å²) in [5, 5.41) is 5.24. The van der Waals surface area contributed by atoms with Crippen molar-refractivity contribution in [2.45, 2.75) is 57.4 Å². The SMILES string of the molecule is Cc1ccc(S(=O)(=O)N2CCCCC2CCNC(=O)C(=O)Nc2cc(C)cc(C)c2)cc1. The second-order valence-corrected chi connectivity index (χ2v) is 10.3. The average Bonchev–Trinajstić information content (AvgIpc) is 2.73. The Kier molecular flexibility index (Phi) is 7.69. The van der Waals surface area contributed by atoms with Crippen LogP contribution in [-0.4, -0.2) is 43.7 Å².